The molecule has 1 atom stereocenters. The lowest BCUT2D eigenvalue weighted by Gasteiger charge is -2.32. The van der Waals surface area contributed by atoms with Crippen molar-refractivity contribution in [2.45, 2.75) is 25.8 Å². The van der Waals surface area contributed by atoms with Crippen molar-refractivity contribution in [3.05, 3.63) is 42.0 Å². The summed E-state index contributed by atoms with van der Waals surface area (Å²) >= 11 is 1.37. The molecule has 0 spiro atoms. The standard InChI is InChI=1S/C16H17N5OS/c1-11-14-8-12(9-17-15(14)23-19-11)16(22)20-6-2-4-13(10-20)21-7-3-5-18-21/h3,5,7-9,13H,2,4,6,10H2,1H3. The van der Waals surface area contributed by atoms with E-state index >= 15 is 0 Å². The van der Waals surface area contributed by atoms with Gasteiger partial charge >= 0.3 is 0 Å². The largest absolute Gasteiger partial charge is 0.336 e. The van der Waals surface area contributed by atoms with Crippen LogP contribution in [0.15, 0.2) is 30.7 Å². The fourth-order valence-electron chi connectivity index (χ4n) is 3.10. The molecule has 1 saturated heterocycles. The summed E-state index contributed by atoms with van der Waals surface area (Å²) in [5, 5.41) is 5.29. The smallest absolute Gasteiger partial charge is 0.255 e. The Hall–Kier alpha value is -2.28. The zero-order valence-electron chi connectivity index (χ0n) is 12.8. The van der Waals surface area contributed by atoms with Gasteiger partial charge in [-0.15, -0.1) is 0 Å². The topological polar surface area (TPSA) is 63.9 Å². The van der Waals surface area contributed by atoms with E-state index in [9.17, 15) is 4.79 Å². The van der Waals surface area contributed by atoms with Crippen LogP contribution in [-0.4, -0.2) is 43.0 Å². The molecule has 4 heterocycles. The van der Waals surface area contributed by atoms with Crippen LogP contribution in [0.1, 0.15) is 34.9 Å². The van der Waals surface area contributed by atoms with Crippen LogP contribution in [0.25, 0.3) is 10.2 Å². The number of hydrogen-bond acceptors (Lipinski definition) is 5. The Morgan fingerprint density at radius 2 is 2.35 bits per heavy atom. The highest BCUT2D eigenvalue weighted by molar-refractivity contribution is 7.12. The van der Waals surface area contributed by atoms with Gasteiger partial charge in [-0.2, -0.15) is 9.47 Å². The Labute approximate surface area is 137 Å². The van der Waals surface area contributed by atoms with E-state index in [0.717, 1.165) is 35.3 Å². The molecule has 0 N–H and O–H groups in total. The van der Waals surface area contributed by atoms with Gasteiger partial charge in [0.2, 0.25) is 0 Å². The molecule has 1 unspecified atom stereocenters. The number of amides is 1. The van der Waals surface area contributed by atoms with E-state index in [0.29, 0.717) is 12.1 Å². The van der Waals surface area contributed by atoms with Gasteiger partial charge in [0.25, 0.3) is 5.91 Å². The van der Waals surface area contributed by atoms with Gasteiger partial charge in [0, 0.05) is 37.1 Å². The van der Waals surface area contributed by atoms with E-state index in [-0.39, 0.29) is 11.9 Å². The molecule has 0 bridgehead atoms. The molecule has 0 aliphatic carbocycles. The van der Waals surface area contributed by atoms with E-state index in [2.05, 4.69) is 14.5 Å². The van der Waals surface area contributed by atoms with Crippen molar-refractivity contribution in [3.8, 4) is 0 Å². The van der Waals surface area contributed by atoms with Crippen molar-refractivity contribution in [2.75, 3.05) is 13.1 Å². The Kier molecular flexibility index (Phi) is 3.57. The molecule has 1 aliphatic rings. The molecule has 1 aliphatic heterocycles. The highest BCUT2D eigenvalue weighted by Gasteiger charge is 2.26. The Bertz CT molecular complexity index is 841. The van der Waals surface area contributed by atoms with Crippen molar-refractivity contribution >= 4 is 27.7 Å². The van der Waals surface area contributed by atoms with Crippen LogP contribution < -0.4 is 0 Å². The van der Waals surface area contributed by atoms with Crippen molar-refractivity contribution < 1.29 is 4.79 Å². The van der Waals surface area contributed by atoms with Gasteiger partial charge in [-0.05, 0) is 43.4 Å². The molecule has 118 valence electrons. The Morgan fingerprint density at radius 3 is 3.17 bits per heavy atom. The normalized spacial score (nSPS) is 18.5. The third kappa shape index (κ3) is 2.61. The first-order chi connectivity index (χ1) is 11.2. The number of aryl methyl sites for hydroxylation is 1. The number of carbonyl (C=O) groups excluding carboxylic acids is 1. The lowest BCUT2D eigenvalue weighted by molar-refractivity contribution is 0.0673. The number of likely N-dealkylation sites (tertiary alicyclic amines) is 1. The zero-order valence-corrected chi connectivity index (χ0v) is 13.7. The molecule has 0 radical (unpaired) electrons. The molecule has 4 rings (SSSR count). The first kappa shape index (κ1) is 14.3. The summed E-state index contributed by atoms with van der Waals surface area (Å²) in [7, 11) is 0. The quantitative estimate of drug-likeness (QED) is 0.726. The van der Waals surface area contributed by atoms with Crippen LogP contribution in [0.5, 0.6) is 0 Å². The maximum Gasteiger partial charge on any atom is 0.255 e. The lowest BCUT2D eigenvalue weighted by Crippen LogP contribution is -2.40. The zero-order chi connectivity index (χ0) is 15.8. The molecular weight excluding hydrogens is 310 g/mol. The summed E-state index contributed by atoms with van der Waals surface area (Å²) in [6.45, 7) is 3.43. The number of rotatable bonds is 2. The fourth-order valence-corrected chi connectivity index (χ4v) is 3.82. The molecule has 1 fully saturated rings. The van der Waals surface area contributed by atoms with E-state index in [1.807, 2.05) is 34.8 Å². The third-order valence-electron chi connectivity index (χ3n) is 4.34. The van der Waals surface area contributed by atoms with Gasteiger partial charge < -0.3 is 4.90 Å². The maximum absolute atomic E-state index is 12.8. The molecule has 1 amide bonds. The minimum absolute atomic E-state index is 0.0434. The molecule has 7 heteroatoms. The third-order valence-corrected chi connectivity index (χ3v) is 5.20. The van der Waals surface area contributed by atoms with E-state index in [1.165, 1.54) is 11.5 Å². The molecule has 3 aromatic rings. The first-order valence-electron chi connectivity index (χ1n) is 7.73. The van der Waals surface area contributed by atoms with Gasteiger partial charge in [0.15, 0.2) is 0 Å². The summed E-state index contributed by atoms with van der Waals surface area (Å²) in [5.41, 5.74) is 1.57. The fraction of sp³-hybridized carbons (Fsp3) is 0.375. The van der Waals surface area contributed by atoms with Crippen LogP contribution in [0.4, 0.5) is 0 Å². The average molecular weight is 327 g/mol. The van der Waals surface area contributed by atoms with Crippen LogP contribution in [0.2, 0.25) is 0 Å². The van der Waals surface area contributed by atoms with Gasteiger partial charge in [0.05, 0.1) is 17.3 Å². The maximum atomic E-state index is 12.8. The highest BCUT2D eigenvalue weighted by atomic mass is 32.1. The van der Waals surface area contributed by atoms with Crippen molar-refractivity contribution in [1.29, 1.82) is 0 Å². The summed E-state index contributed by atoms with van der Waals surface area (Å²) in [6, 6.07) is 4.09. The van der Waals surface area contributed by atoms with Crippen molar-refractivity contribution in [1.82, 2.24) is 24.0 Å². The molecule has 23 heavy (non-hydrogen) atoms. The Morgan fingerprint density at radius 1 is 1.43 bits per heavy atom. The Balaban J connectivity index is 1.58. The monoisotopic (exact) mass is 327 g/mol. The van der Waals surface area contributed by atoms with E-state index < -0.39 is 0 Å². The second-order valence-corrected chi connectivity index (χ2v) is 6.63. The predicted octanol–water partition coefficient (Wildman–Crippen LogP) is 2.67. The second-order valence-electron chi connectivity index (χ2n) is 5.88. The summed E-state index contributed by atoms with van der Waals surface area (Å²) in [5.74, 6) is 0.0434. The first-order valence-corrected chi connectivity index (χ1v) is 8.50. The van der Waals surface area contributed by atoms with Crippen LogP contribution in [-0.2, 0) is 0 Å². The number of aromatic nitrogens is 4. The summed E-state index contributed by atoms with van der Waals surface area (Å²) in [4.78, 5) is 20.0. The molecular formula is C16H17N5OS. The minimum Gasteiger partial charge on any atom is -0.336 e. The van der Waals surface area contributed by atoms with E-state index in [1.54, 1.807) is 12.4 Å². The number of hydrogen-bond donors (Lipinski definition) is 0. The van der Waals surface area contributed by atoms with Crippen molar-refractivity contribution in [2.24, 2.45) is 0 Å². The van der Waals surface area contributed by atoms with Gasteiger partial charge in [0.1, 0.15) is 4.83 Å². The van der Waals surface area contributed by atoms with Crippen LogP contribution >= 0.6 is 11.5 Å². The van der Waals surface area contributed by atoms with Gasteiger partial charge in [-0.1, -0.05) is 0 Å². The van der Waals surface area contributed by atoms with Crippen LogP contribution in [0.3, 0.4) is 0 Å². The van der Waals surface area contributed by atoms with Gasteiger partial charge in [-0.25, -0.2) is 4.98 Å². The molecule has 6 nitrogen and oxygen atoms in total. The number of pyridine rings is 1. The number of fused-ring (bicyclic) bond motifs is 1. The van der Waals surface area contributed by atoms with Crippen molar-refractivity contribution in [3.63, 3.8) is 0 Å². The number of nitrogens with zero attached hydrogens (tertiary/aromatic N) is 5. The molecule has 0 saturated carbocycles. The van der Waals surface area contributed by atoms with Gasteiger partial charge in [-0.3, -0.25) is 9.48 Å². The predicted molar refractivity (Wildman–Crippen MR) is 88.6 cm³/mol. The number of piperidine rings is 1. The SMILES string of the molecule is Cc1nsc2ncc(C(=O)N3CCCC(n4cccn4)C3)cc12. The highest BCUT2D eigenvalue weighted by Crippen LogP contribution is 2.24. The number of carbonyl (C=O) groups is 1. The average Bonchev–Trinajstić information content (AvgIpc) is 3.25. The minimum atomic E-state index is 0.0434. The summed E-state index contributed by atoms with van der Waals surface area (Å²) < 4.78 is 6.25. The second kappa shape index (κ2) is 5.73. The molecule has 0 aromatic carbocycles. The van der Waals surface area contributed by atoms with E-state index in [4.69, 9.17) is 0 Å². The van der Waals surface area contributed by atoms with Crippen LogP contribution in [0, 0.1) is 6.92 Å². The lowest BCUT2D eigenvalue weighted by atomic mass is 10.0. The summed E-state index contributed by atoms with van der Waals surface area (Å²) in [6.07, 6.45) is 7.46. The molecule has 3 aromatic heterocycles.